The van der Waals surface area contributed by atoms with Crippen LogP contribution in [0.15, 0.2) is 66.3 Å². The molecule has 0 bridgehead atoms. The molecule has 3 heterocycles. The van der Waals surface area contributed by atoms with Crippen LogP contribution >= 0.6 is 11.3 Å². The first-order valence-electron chi connectivity index (χ1n) is 9.61. The molecule has 0 spiro atoms. The van der Waals surface area contributed by atoms with E-state index >= 15 is 0 Å². The summed E-state index contributed by atoms with van der Waals surface area (Å²) in [4.78, 5) is 21.3. The molecule has 30 heavy (non-hydrogen) atoms. The van der Waals surface area contributed by atoms with E-state index in [4.69, 9.17) is 4.74 Å². The fourth-order valence-corrected chi connectivity index (χ4v) is 3.81. The largest absolute Gasteiger partial charge is 0.493 e. The summed E-state index contributed by atoms with van der Waals surface area (Å²) in [7, 11) is 0. The highest BCUT2D eigenvalue weighted by molar-refractivity contribution is 7.13. The fourth-order valence-electron chi connectivity index (χ4n) is 2.96. The van der Waals surface area contributed by atoms with E-state index in [1.807, 2.05) is 61.0 Å². The molecule has 0 unspecified atom stereocenters. The Hall–Kier alpha value is -3.52. The van der Waals surface area contributed by atoms with Crippen LogP contribution in [0.25, 0.3) is 10.6 Å². The number of anilines is 1. The second-order valence-electron chi connectivity index (χ2n) is 6.52. The van der Waals surface area contributed by atoms with Crippen molar-refractivity contribution in [3.05, 3.63) is 77.7 Å². The lowest BCUT2D eigenvalue weighted by Crippen LogP contribution is -2.15. The van der Waals surface area contributed by atoms with E-state index < -0.39 is 0 Å². The maximum absolute atomic E-state index is 12.4. The zero-order chi connectivity index (χ0) is 20.8. The van der Waals surface area contributed by atoms with Gasteiger partial charge in [-0.25, -0.2) is 4.98 Å². The molecule has 1 aromatic carbocycles. The van der Waals surface area contributed by atoms with E-state index in [9.17, 15) is 4.79 Å². The van der Waals surface area contributed by atoms with Gasteiger partial charge in [-0.05, 0) is 31.2 Å². The average molecular weight is 420 g/mol. The number of nitrogens with one attached hydrogen (secondary N) is 1. The highest BCUT2D eigenvalue weighted by Crippen LogP contribution is 2.32. The van der Waals surface area contributed by atoms with Crippen molar-refractivity contribution in [2.45, 2.75) is 19.9 Å². The third-order valence-corrected chi connectivity index (χ3v) is 5.19. The lowest BCUT2D eigenvalue weighted by Gasteiger charge is -2.07. The first-order chi connectivity index (χ1) is 14.7. The van der Waals surface area contributed by atoms with Gasteiger partial charge in [0.25, 0.3) is 0 Å². The van der Waals surface area contributed by atoms with Crippen LogP contribution in [-0.4, -0.2) is 32.3 Å². The fraction of sp³-hybridized carbons (Fsp3) is 0.182. The molecule has 0 aliphatic heterocycles. The monoisotopic (exact) mass is 419 g/mol. The summed E-state index contributed by atoms with van der Waals surface area (Å²) >= 11 is 1.50. The number of nitrogens with zero attached hydrogens (tertiary/aromatic N) is 4. The van der Waals surface area contributed by atoms with Gasteiger partial charge in [0.2, 0.25) is 5.91 Å². The second kappa shape index (κ2) is 9.32. The molecule has 0 atom stereocenters. The molecule has 7 nitrogen and oxygen atoms in total. The predicted molar refractivity (Wildman–Crippen MR) is 117 cm³/mol. The molecule has 0 saturated carbocycles. The first-order valence-corrected chi connectivity index (χ1v) is 10.5. The van der Waals surface area contributed by atoms with Crippen LogP contribution in [0.2, 0.25) is 0 Å². The van der Waals surface area contributed by atoms with Gasteiger partial charge in [-0.3, -0.25) is 14.5 Å². The van der Waals surface area contributed by atoms with Crippen LogP contribution < -0.4 is 10.1 Å². The minimum Gasteiger partial charge on any atom is -0.493 e. The second-order valence-corrected chi connectivity index (χ2v) is 7.38. The summed E-state index contributed by atoms with van der Waals surface area (Å²) in [5, 5.41) is 9.94. The van der Waals surface area contributed by atoms with E-state index in [0.29, 0.717) is 24.7 Å². The molecule has 3 aromatic heterocycles. The average Bonchev–Trinajstić information content (AvgIpc) is 3.39. The van der Waals surface area contributed by atoms with Gasteiger partial charge in [-0.1, -0.05) is 18.2 Å². The maximum atomic E-state index is 12.4. The smallest absolute Gasteiger partial charge is 0.231 e. The Labute approximate surface area is 178 Å². The molecule has 1 amide bonds. The number of carbonyl (C=O) groups is 1. The van der Waals surface area contributed by atoms with E-state index in [2.05, 4.69) is 20.4 Å². The van der Waals surface area contributed by atoms with Crippen molar-refractivity contribution in [2.24, 2.45) is 0 Å². The zero-order valence-electron chi connectivity index (χ0n) is 16.5. The van der Waals surface area contributed by atoms with Crippen molar-refractivity contribution < 1.29 is 9.53 Å². The van der Waals surface area contributed by atoms with E-state index in [1.165, 1.54) is 11.3 Å². The lowest BCUT2D eigenvalue weighted by molar-refractivity contribution is -0.115. The van der Waals surface area contributed by atoms with Gasteiger partial charge < -0.3 is 10.1 Å². The Morgan fingerprint density at radius 2 is 2.00 bits per heavy atom. The number of hydrogen-bond donors (Lipinski definition) is 1. The summed E-state index contributed by atoms with van der Waals surface area (Å²) in [5.74, 6) is 1.14. The molecule has 0 saturated heterocycles. The number of amides is 1. The normalized spacial score (nSPS) is 10.7. The molecule has 0 fully saturated rings. The number of pyridine rings is 1. The van der Waals surface area contributed by atoms with Gasteiger partial charge in [-0.2, -0.15) is 5.10 Å². The Bertz CT molecular complexity index is 1120. The topological polar surface area (TPSA) is 81.9 Å². The molecule has 0 aliphatic rings. The van der Waals surface area contributed by atoms with Crippen molar-refractivity contribution in [3.8, 4) is 16.3 Å². The first kappa shape index (κ1) is 19.8. The lowest BCUT2D eigenvalue weighted by atomic mass is 10.2. The molecule has 4 rings (SSSR count). The third-order valence-electron chi connectivity index (χ3n) is 4.27. The van der Waals surface area contributed by atoms with Crippen LogP contribution in [0.3, 0.4) is 0 Å². The van der Waals surface area contributed by atoms with Crippen molar-refractivity contribution in [3.63, 3.8) is 0 Å². The maximum Gasteiger partial charge on any atom is 0.231 e. The van der Waals surface area contributed by atoms with Crippen LogP contribution in [-0.2, 0) is 17.8 Å². The molecule has 0 radical (unpaired) electrons. The number of benzene rings is 1. The summed E-state index contributed by atoms with van der Waals surface area (Å²) in [6, 6.07) is 15.3. The van der Waals surface area contributed by atoms with Gasteiger partial charge in [0, 0.05) is 23.8 Å². The molecule has 1 N–H and O–H groups in total. The van der Waals surface area contributed by atoms with Gasteiger partial charge in [0.05, 0.1) is 36.5 Å². The Balaban J connectivity index is 1.37. The Morgan fingerprint density at radius 3 is 2.83 bits per heavy atom. The van der Waals surface area contributed by atoms with E-state index in [0.717, 1.165) is 22.0 Å². The summed E-state index contributed by atoms with van der Waals surface area (Å²) in [6.07, 6.45) is 3.74. The van der Waals surface area contributed by atoms with Crippen molar-refractivity contribution in [2.75, 3.05) is 11.9 Å². The van der Waals surface area contributed by atoms with E-state index in [-0.39, 0.29) is 12.3 Å². The van der Waals surface area contributed by atoms with E-state index in [1.54, 1.807) is 16.9 Å². The molecule has 8 heteroatoms. The van der Waals surface area contributed by atoms with Gasteiger partial charge in [0.1, 0.15) is 10.8 Å². The molecule has 152 valence electrons. The number of aromatic nitrogens is 4. The quantitative estimate of drug-likeness (QED) is 0.466. The molecule has 0 aliphatic carbocycles. The SMILES string of the molecule is CCOc1ccccc1-c1nc(CC(=O)Nc2ccn(Cc3ccccn3)n2)cs1. The van der Waals surface area contributed by atoms with Gasteiger partial charge in [0.15, 0.2) is 5.82 Å². The highest BCUT2D eigenvalue weighted by atomic mass is 32.1. The van der Waals surface area contributed by atoms with Crippen molar-refractivity contribution in [1.29, 1.82) is 0 Å². The van der Waals surface area contributed by atoms with Crippen molar-refractivity contribution in [1.82, 2.24) is 19.7 Å². The Kier molecular flexibility index (Phi) is 6.14. The molecular weight excluding hydrogens is 398 g/mol. The van der Waals surface area contributed by atoms with Gasteiger partial charge in [-0.15, -0.1) is 11.3 Å². The number of ether oxygens (including phenoxy) is 1. The predicted octanol–water partition coefficient (Wildman–Crippen LogP) is 4.03. The zero-order valence-corrected chi connectivity index (χ0v) is 17.3. The minimum atomic E-state index is -0.159. The summed E-state index contributed by atoms with van der Waals surface area (Å²) in [5.41, 5.74) is 2.55. The Morgan fingerprint density at radius 1 is 1.13 bits per heavy atom. The number of rotatable bonds is 8. The van der Waals surface area contributed by atoms with Gasteiger partial charge >= 0.3 is 0 Å². The molecule has 4 aromatic rings. The highest BCUT2D eigenvalue weighted by Gasteiger charge is 2.13. The summed E-state index contributed by atoms with van der Waals surface area (Å²) in [6.45, 7) is 3.09. The molecular formula is C22H21N5O2S. The number of hydrogen-bond acceptors (Lipinski definition) is 6. The minimum absolute atomic E-state index is 0.159. The summed E-state index contributed by atoms with van der Waals surface area (Å²) < 4.78 is 7.42. The standard InChI is InChI=1S/C22H21N5O2S/c1-2-29-19-9-4-3-8-18(19)22-24-17(15-30-22)13-21(28)25-20-10-12-27(26-20)14-16-7-5-6-11-23-16/h3-12,15H,2,13-14H2,1H3,(H,25,26,28). The number of carbonyl (C=O) groups excluding carboxylic acids is 1. The number of para-hydroxylation sites is 1. The number of thiazole rings is 1. The van der Waals surface area contributed by atoms with Crippen molar-refractivity contribution >= 4 is 23.1 Å². The van der Waals surface area contributed by atoms with Crippen LogP contribution in [0, 0.1) is 0 Å². The van der Waals surface area contributed by atoms with Crippen LogP contribution in [0.5, 0.6) is 5.75 Å². The van der Waals surface area contributed by atoms with Crippen LogP contribution in [0.1, 0.15) is 18.3 Å². The van der Waals surface area contributed by atoms with Crippen LogP contribution in [0.4, 0.5) is 5.82 Å². The third kappa shape index (κ3) is 4.90.